The molecule has 12 heavy (non-hydrogen) atoms. The van der Waals surface area contributed by atoms with E-state index < -0.39 is 6.36 Å². The van der Waals surface area contributed by atoms with Crippen LogP contribution in [0.25, 0.3) is 0 Å². The number of ether oxygens (including phenoxy) is 1. The fraction of sp³-hybridized carbons (Fsp3) is 0.167. The first-order valence-corrected chi connectivity index (χ1v) is 3.63. The van der Waals surface area contributed by atoms with E-state index in [1.54, 1.807) is 0 Å². The van der Waals surface area contributed by atoms with Gasteiger partial charge >= 0.3 is 6.36 Å². The van der Waals surface area contributed by atoms with E-state index in [0.717, 1.165) is 6.07 Å². The molecule has 2 nitrogen and oxygen atoms in total. The van der Waals surface area contributed by atoms with Crippen LogP contribution < -0.4 is 4.74 Å². The molecule has 66 valence electrons. The number of pyridine rings is 1. The fourth-order valence-electron chi connectivity index (χ4n) is 0.570. The Balaban J connectivity index is 2.83. The van der Waals surface area contributed by atoms with E-state index in [9.17, 15) is 13.2 Å². The lowest BCUT2D eigenvalue weighted by atomic mass is 10.5. The Hall–Kier alpha value is -0.780. The average molecular weight is 242 g/mol. The van der Waals surface area contributed by atoms with Crippen molar-refractivity contribution >= 4 is 15.9 Å². The molecule has 1 aromatic heterocycles. The van der Waals surface area contributed by atoms with E-state index in [1.165, 1.54) is 12.4 Å². The van der Waals surface area contributed by atoms with Gasteiger partial charge in [-0.1, -0.05) is 0 Å². The van der Waals surface area contributed by atoms with Crippen LogP contribution in [0.1, 0.15) is 0 Å². The Morgan fingerprint density at radius 3 is 2.58 bits per heavy atom. The number of aromatic nitrogens is 1. The molecule has 0 aromatic carbocycles. The summed E-state index contributed by atoms with van der Waals surface area (Å²) in [6.45, 7) is 0. The van der Waals surface area contributed by atoms with Crippen molar-refractivity contribution < 1.29 is 17.9 Å². The number of nitrogens with zero attached hydrogens (tertiary/aromatic N) is 1. The zero-order valence-electron chi connectivity index (χ0n) is 5.60. The van der Waals surface area contributed by atoms with Crippen molar-refractivity contribution in [3.63, 3.8) is 0 Å². The lowest BCUT2D eigenvalue weighted by Crippen LogP contribution is -2.17. The lowest BCUT2D eigenvalue weighted by Gasteiger charge is -2.08. The highest BCUT2D eigenvalue weighted by molar-refractivity contribution is 9.10. The fourth-order valence-corrected chi connectivity index (χ4v) is 0.901. The van der Waals surface area contributed by atoms with Gasteiger partial charge in [0.1, 0.15) is 5.75 Å². The first kappa shape index (κ1) is 9.31. The van der Waals surface area contributed by atoms with Crippen molar-refractivity contribution in [2.75, 3.05) is 0 Å². The highest BCUT2D eigenvalue weighted by atomic mass is 79.9. The van der Waals surface area contributed by atoms with Gasteiger partial charge in [-0.25, -0.2) is 0 Å². The molecule has 6 heteroatoms. The second-order valence-corrected chi connectivity index (χ2v) is 2.71. The second-order valence-electron chi connectivity index (χ2n) is 1.85. The Morgan fingerprint density at radius 1 is 1.42 bits per heavy atom. The van der Waals surface area contributed by atoms with Gasteiger partial charge in [0.2, 0.25) is 0 Å². The molecule has 0 N–H and O–H groups in total. The quantitative estimate of drug-likeness (QED) is 0.755. The van der Waals surface area contributed by atoms with E-state index in [4.69, 9.17) is 0 Å². The third-order valence-electron chi connectivity index (χ3n) is 0.961. The predicted molar refractivity (Wildman–Crippen MR) is 38.6 cm³/mol. The van der Waals surface area contributed by atoms with Crippen LogP contribution in [0.2, 0.25) is 0 Å². The van der Waals surface area contributed by atoms with Crippen molar-refractivity contribution in [2.24, 2.45) is 0 Å². The molecule has 0 atom stereocenters. The van der Waals surface area contributed by atoms with E-state index >= 15 is 0 Å². The third-order valence-corrected chi connectivity index (χ3v) is 1.56. The van der Waals surface area contributed by atoms with Gasteiger partial charge in [0.25, 0.3) is 0 Å². The largest absolute Gasteiger partial charge is 0.573 e. The summed E-state index contributed by atoms with van der Waals surface area (Å²) in [5, 5.41) is 0. The standard InChI is InChI=1S/C6H3BrF3NO/c7-4-3-11-2-1-5(4)12-6(8,9)10/h1-3H. The summed E-state index contributed by atoms with van der Waals surface area (Å²) in [6, 6.07) is 1.12. The third kappa shape index (κ3) is 2.69. The topological polar surface area (TPSA) is 22.1 Å². The zero-order valence-corrected chi connectivity index (χ0v) is 7.19. The van der Waals surface area contributed by atoms with E-state index in [0.29, 0.717) is 0 Å². The van der Waals surface area contributed by atoms with Crippen molar-refractivity contribution in [3.05, 3.63) is 22.9 Å². The Kier molecular flexibility index (Phi) is 2.56. The maximum absolute atomic E-state index is 11.7. The van der Waals surface area contributed by atoms with Crippen molar-refractivity contribution in [1.29, 1.82) is 0 Å². The van der Waals surface area contributed by atoms with Gasteiger partial charge in [-0.3, -0.25) is 4.98 Å². The van der Waals surface area contributed by atoms with Crippen LogP contribution in [0.5, 0.6) is 5.75 Å². The maximum atomic E-state index is 11.7. The molecule has 0 saturated heterocycles. The van der Waals surface area contributed by atoms with Crippen molar-refractivity contribution in [1.82, 2.24) is 4.98 Å². The van der Waals surface area contributed by atoms with Crippen LogP contribution in [0.3, 0.4) is 0 Å². The van der Waals surface area contributed by atoms with Crippen LogP contribution in [-0.2, 0) is 0 Å². The molecule has 0 fully saturated rings. The highest BCUT2D eigenvalue weighted by Gasteiger charge is 2.31. The van der Waals surface area contributed by atoms with Crippen LogP contribution in [0.15, 0.2) is 22.9 Å². The average Bonchev–Trinajstić information content (AvgIpc) is 1.91. The van der Waals surface area contributed by atoms with Crippen LogP contribution in [0, 0.1) is 0 Å². The summed E-state index contributed by atoms with van der Waals surface area (Å²) >= 11 is 2.86. The molecular weight excluding hydrogens is 239 g/mol. The second kappa shape index (κ2) is 3.30. The Morgan fingerprint density at radius 2 is 2.08 bits per heavy atom. The molecule has 0 spiro atoms. The number of halogens is 4. The summed E-state index contributed by atoms with van der Waals surface area (Å²) in [7, 11) is 0. The first-order chi connectivity index (χ1) is 5.49. The summed E-state index contributed by atoms with van der Waals surface area (Å²) in [4.78, 5) is 3.58. The molecule has 0 bridgehead atoms. The molecule has 1 rings (SSSR count). The van der Waals surface area contributed by atoms with Gasteiger partial charge in [0.05, 0.1) is 4.47 Å². The minimum atomic E-state index is -4.66. The van der Waals surface area contributed by atoms with E-state index in [2.05, 4.69) is 25.7 Å². The molecule has 0 radical (unpaired) electrons. The minimum absolute atomic E-state index is 0.169. The molecule has 0 saturated carbocycles. The zero-order chi connectivity index (χ0) is 9.19. The van der Waals surface area contributed by atoms with E-state index in [1.807, 2.05) is 0 Å². The molecular formula is C6H3BrF3NO. The maximum Gasteiger partial charge on any atom is 0.573 e. The SMILES string of the molecule is FC(F)(F)Oc1ccncc1Br. The monoisotopic (exact) mass is 241 g/mol. The summed E-state index contributed by atoms with van der Waals surface area (Å²) in [5.74, 6) is -0.294. The molecule has 1 heterocycles. The molecule has 0 unspecified atom stereocenters. The van der Waals surface area contributed by atoms with Crippen molar-refractivity contribution in [2.45, 2.75) is 6.36 Å². The smallest absolute Gasteiger partial charge is 0.404 e. The lowest BCUT2D eigenvalue weighted by molar-refractivity contribution is -0.274. The molecule has 0 aliphatic carbocycles. The molecule has 0 amide bonds. The summed E-state index contributed by atoms with van der Waals surface area (Å²) < 4.78 is 38.8. The van der Waals surface area contributed by atoms with Gasteiger partial charge in [-0.15, -0.1) is 13.2 Å². The predicted octanol–water partition coefficient (Wildman–Crippen LogP) is 2.74. The van der Waals surface area contributed by atoms with Gasteiger partial charge in [-0.05, 0) is 15.9 Å². The van der Waals surface area contributed by atoms with Gasteiger partial charge in [0, 0.05) is 18.5 Å². The first-order valence-electron chi connectivity index (χ1n) is 2.84. The van der Waals surface area contributed by atoms with Crippen LogP contribution in [0.4, 0.5) is 13.2 Å². The Bertz CT molecular complexity index is 276. The van der Waals surface area contributed by atoms with Gasteiger partial charge < -0.3 is 4.74 Å². The minimum Gasteiger partial charge on any atom is -0.404 e. The van der Waals surface area contributed by atoms with Crippen molar-refractivity contribution in [3.8, 4) is 5.75 Å². The summed E-state index contributed by atoms with van der Waals surface area (Å²) in [6.07, 6.45) is -2.23. The normalized spacial score (nSPS) is 11.3. The van der Waals surface area contributed by atoms with Crippen LogP contribution in [-0.4, -0.2) is 11.3 Å². The molecule has 0 aliphatic rings. The molecule has 0 aliphatic heterocycles. The van der Waals surface area contributed by atoms with E-state index in [-0.39, 0.29) is 10.2 Å². The van der Waals surface area contributed by atoms with Gasteiger partial charge in [-0.2, -0.15) is 0 Å². The number of hydrogen-bond donors (Lipinski definition) is 0. The number of hydrogen-bond acceptors (Lipinski definition) is 2. The summed E-state index contributed by atoms with van der Waals surface area (Å²) in [5.41, 5.74) is 0. The Labute approximate surface area is 74.5 Å². The van der Waals surface area contributed by atoms with Crippen LogP contribution >= 0.6 is 15.9 Å². The molecule has 1 aromatic rings. The highest BCUT2D eigenvalue weighted by Crippen LogP contribution is 2.28. The number of alkyl halides is 3. The van der Waals surface area contributed by atoms with Gasteiger partial charge in [0.15, 0.2) is 0 Å². The number of rotatable bonds is 1.